The van der Waals surface area contributed by atoms with Crippen LogP contribution in [0.4, 0.5) is 0 Å². The van der Waals surface area contributed by atoms with Gasteiger partial charge in [0.1, 0.15) is 5.78 Å². The molecule has 1 aliphatic rings. The summed E-state index contributed by atoms with van der Waals surface area (Å²) in [5, 5.41) is 2.52. The Hall–Kier alpha value is -1.67. The maximum Gasteiger partial charge on any atom is 0.136 e. The average molecular weight is 239 g/mol. The summed E-state index contributed by atoms with van der Waals surface area (Å²) in [4.78, 5) is 14.0. The summed E-state index contributed by atoms with van der Waals surface area (Å²) in [7, 11) is 2.11. The summed E-state index contributed by atoms with van der Waals surface area (Å²) in [6, 6.07) is 15.0. The first-order valence-electron chi connectivity index (χ1n) is 6.45. The van der Waals surface area contributed by atoms with Crippen molar-refractivity contribution < 1.29 is 4.79 Å². The van der Waals surface area contributed by atoms with Gasteiger partial charge in [0, 0.05) is 25.4 Å². The number of hydrogen-bond acceptors (Lipinski definition) is 2. The lowest BCUT2D eigenvalue weighted by Gasteiger charge is -2.32. The Morgan fingerprint density at radius 1 is 1.11 bits per heavy atom. The van der Waals surface area contributed by atoms with Gasteiger partial charge in [0.2, 0.25) is 0 Å². The second kappa shape index (κ2) is 4.54. The second-order valence-corrected chi connectivity index (χ2v) is 5.06. The van der Waals surface area contributed by atoms with Crippen molar-refractivity contribution >= 4 is 16.6 Å². The average Bonchev–Trinajstić information content (AvgIpc) is 2.41. The molecule has 0 radical (unpaired) electrons. The van der Waals surface area contributed by atoms with Gasteiger partial charge in [-0.2, -0.15) is 0 Å². The third-order valence-corrected chi connectivity index (χ3v) is 3.88. The highest BCUT2D eigenvalue weighted by atomic mass is 16.1. The van der Waals surface area contributed by atoms with Crippen LogP contribution in [-0.2, 0) is 4.79 Å². The van der Waals surface area contributed by atoms with Crippen LogP contribution in [0.3, 0.4) is 0 Å². The largest absolute Gasteiger partial charge is 0.300 e. The summed E-state index contributed by atoms with van der Waals surface area (Å²) in [5.41, 5.74) is 1.28. The lowest BCUT2D eigenvalue weighted by molar-refractivity contribution is -0.122. The topological polar surface area (TPSA) is 20.3 Å². The molecule has 2 heteroatoms. The number of carbonyl (C=O) groups is 1. The summed E-state index contributed by atoms with van der Waals surface area (Å²) < 4.78 is 0. The van der Waals surface area contributed by atoms with E-state index in [9.17, 15) is 4.79 Å². The third kappa shape index (κ3) is 1.93. The quantitative estimate of drug-likeness (QED) is 0.761. The molecule has 1 saturated heterocycles. The molecule has 1 fully saturated rings. The highest BCUT2D eigenvalue weighted by molar-refractivity contribution is 5.87. The molecule has 2 aromatic rings. The number of benzene rings is 2. The number of hydrogen-bond donors (Lipinski definition) is 0. The first-order valence-corrected chi connectivity index (χ1v) is 6.45. The van der Waals surface area contributed by atoms with E-state index in [1.165, 1.54) is 16.3 Å². The van der Waals surface area contributed by atoms with E-state index in [2.05, 4.69) is 54.4 Å². The van der Waals surface area contributed by atoms with Crippen LogP contribution in [0, 0.1) is 0 Å². The number of Topliss-reactive ketones (excluding diaryl/α,β-unsaturated/α-hetero) is 1. The van der Waals surface area contributed by atoms with E-state index in [-0.39, 0.29) is 6.04 Å². The van der Waals surface area contributed by atoms with E-state index in [1.807, 2.05) is 0 Å². The maximum absolute atomic E-state index is 11.7. The molecule has 0 saturated carbocycles. The Morgan fingerprint density at radius 2 is 1.89 bits per heavy atom. The molecule has 1 atom stereocenters. The van der Waals surface area contributed by atoms with Crippen LogP contribution in [0.2, 0.25) is 0 Å². The third-order valence-electron chi connectivity index (χ3n) is 3.88. The van der Waals surface area contributed by atoms with Gasteiger partial charge in [-0.1, -0.05) is 42.5 Å². The Bertz CT molecular complexity index is 585. The lowest BCUT2D eigenvalue weighted by atomic mass is 9.91. The van der Waals surface area contributed by atoms with Crippen LogP contribution in [0.25, 0.3) is 10.8 Å². The van der Waals surface area contributed by atoms with Gasteiger partial charge in [-0.25, -0.2) is 0 Å². The van der Waals surface area contributed by atoms with Crippen molar-refractivity contribution in [1.29, 1.82) is 0 Å². The number of nitrogens with zero attached hydrogens (tertiary/aromatic N) is 1. The number of piperidine rings is 1. The predicted molar refractivity (Wildman–Crippen MR) is 73.6 cm³/mol. The van der Waals surface area contributed by atoms with E-state index in [4.69, 9.17) is 0 Å². The SMILES string of the molecule is CN1CCC(=O)CC1c1cccc2ccccc12. The van der Waals surface area contributed by atoms with Gasteiger partial charge in [0.05, 0.1) is 0 Å². The maximum atomic E-state index is 11.7. The first-order chi connectivity index (χ1) is 8.75. The van der Waals surface area contributed by atoms with Crippen LogP contribution < -0.4 is 0 Å². The smallest absolute Gasteiger partial charge is 0.136 e. The van der Waals surface area contributed by atoms with Gasteiger partial charge in [0.25, 0.3) is 0 Å². The van der Waals surface area contributed by atoms with Crippen LogP contribution in [0.15, 0.2) is 42.5 Å². The molecule has 1 heterocycles. The molecule has 2 aromatic carbocycles. The van der Waals surface area contributed by atoms with Gasteiger partial charge in [-0.15, -0.1) is 0 Å². The van der Waals surface area contributed by atoms with E-state index >= 15 is 0 Å². The van der Waals surface area contributed by atoms with Crippen LogP contribution in [0.1, 0.15) is 24.4 Å². The standard InChI is InChI=1S/C16H17NO/c1-17-10-9-13(18)11-16(17)15-8-4-6-12-5-2-3-7-14(12)15/h2-8,16H,9-11H2,1H3. The van der Waals surface area contributed by atoms with Crippen molar-refractivity contribution in [1.82, 2.24) is 4.90 Å². The Kier molecular flexibility index (Phi) is 2.88. The Balaban J connectivity index is 2.10. The molecule has 0 aromatic heterocycles. The van der Waals surface area contributed by atoms with Crippen molar-refractivity contribution in [3.8, 4) is 0 Å². The molecule has 18 heavy (non-hydrogen) atoms. The number of fused-ring (bicyclic) bond motifs is 1. The van der Waals surface area contributed by atoms with Crippen LogP contribution >= 0.6 is 0 Å². The molecule has 2 nitrogen and oxygen atoms in total. The van der Waals surface area contributed by atoms with Gasteiger partial charge in [-0.3, -0.25) is 9.69 Å². The molecule has 1 unspecified atom stereocenters. The van der Waals surface area contributed by atoms with Crippen molar-refractivity contribution in [2.45, 2.75) is 18.9 Å². The molecule has 3 rings (SSSR count). The second-order valence-electron chi connectivity index (χ2n) is 5.06. The number of rotatable bonds is 1. The minimum Gasteiger partial charge on any atom is -0.300 e. The molecule has 0 bridgehead atoms. The molecule has 0 aliphatic carbocycles. The highest BCUT2D eigenvalue weighted by Gasteiger charge is 2.26. The zero-order valence-corrected chi connectivity index (χ0v) is 10.6. The first kappa shape index (κ1) is 11.4. The minimum absolute atomic E-state index is 0.234. The lowest BCUT2D eigenvalue weighted by Crippen LogP contribution is -2.34. The summed E-state index contributed by atoms with van der Waals surface area (Å²) >= 11 is 0. The van der Waals surface area contributed by atoms with Crippen molar-refractivity contribution in [2.24, 2.45) is 0 Å². The van der Waals surface area contributed by atoms with E-state index in [0.717, 1.165) is 6.54 Å². The van der Waals surface area contributed by atoms with Crippen LogP contribution in [0.5, 0.6) is 0 Å². The molecule has 0 spiro atoms. The zero-order chi connectivity index (χ0) is 12.5. The molecule has 0 N–H and O–H groups in total. The fourth-order valence-electron chi connectivity index (χ4n) is 2.82. The fraction of sp³-hybridized carbons (Fsp3) is 0.312. The molecule has 0 amide bonds. The number of ketones is 1. The fourth-order valence-corrected chi connectivity index (χ4v) is 2.82. The minimum atomic E-state index is 0.234. The van der Waals surface area contributed by atoms with Gasteiger partial charge < -0.3 is 0 Å². The molecule has 1 aliphatic heterocycles. The normalized spacial score (nSPS) is 21.4. The highest BCUT2D eigenvalue weighted by Crippen LogP contribution is 2.32. The number of carbonyl (C=O) groups excluding carboxylic acids is 1. The molecular weight excluding hydrogens is 222 g/mol. The zero-order valence-electron chi connectivity index (χ0n) is 10.6. The van der Waals surface area contributed by atoms with Crippen molar-refractivity contribution in [3.63, 3.8) is 0 Å². The van der Waals surface area contributed by atoms with Crippen molar-refractivity contribution in [2.75, 3.05) is 13.6 Å². The van der Waals surface area contributed by atoms with E-state index in [0.29, 0.717) is 18.6 Å². The predicted octanol–water partition coefficient (Wildman–Crippen LogP) is 3.18. The molecule has 92 valence electrons. The summed E-state index contributed by atoms with van der Waals surface area (Å²) in [5.74, 6) is 0.381. The van der Waals surface area contributed by atoms with Crippen molar-refractivity contribution in [3.05, 3.63) is 48.0 Å². The van der Waals surface area contributed by atoms with Gasteiger partial charge in [-0.05, 0) is 23.4 Å². The monoisotopic (exact) mass is 239 g/mol. The summed E-state index contributed by atoms with van der Waals surface area (Å²) in [6.45, 7) is 0.868. The number of likely N-dealkylation sites (tertiary alicyclic amines) is 1. The van der Waals surface area contributed by atoms with Gasteiger partial charge >= 0.3 is 0 Å². The summed E-state index contributed by atoms with van der Waals surface area (Å²) in [6.07, 6.45) is 1.34. The van der Waals surface area contributed by atoms with Gasteiger partial charge in [0.15, 0.2) is 0 Å². The molecular formula is C16H17NO. The van der Waals surface area contributed by atoms with E-state index in [1.54, 1.807) is 0 Å². The van der Waals surface area contributed by atoms with Crippen LogP contribution in [-0.4, -0.2) is 24.3 Å². The van der Waals surface area contributed by atoms with E-state index < -0.39 is 0 Å². The Labute approximate surface area is 107 Å². The Morgan fingerprint density at radius 3 is 2.78 bits per heavy atom.